The van der Waals surface area contributed by atoms with Crippen LogP contribution < -0.4 is 5.32 Å². The van der Waals surface area contributed by atoms with Crippen molar-refractivity contribution in [2.75, 3.05) is 6.54 Å². The van der Waals surface area contributed by atoms with Gasteiger partial charge in [-0.3, -0.25) is 4.79 Å². The molecule has 0 spiro atoms. The summed E-state index contributed by atoms with van der Waals surface area (Å²) >= 11 is 3.22. The lowest BCUT2D eigenvalue weighted by atomic mass is 10.1. The number of hydrogen-bond acceptors (Lipinski definition) is 1. The first-order chi connectivity index (χ1) is 7.79. The highest BCUT2D eigenvalue weighted by Gasteiger charge is 2.22. The number of carbonyl (C=O) groups excluding carboxylic acids is 1. The number of nitrogens with one attached hydrogen (secondary N) is 1. The van der Waals surface area contributed by atoms with E-state index in [1.54, 1.807) is 13.8 Å². The molecule has 94 valence electrons. The van der Waals surface area contributed by atoms with Gasteiger partial charge in [0.25, 0.3) is 0 Å². The molecule has 1 aromatic rings. The van der Waals surface area contributed by atoms with Crippen LogP contribution in [0.2, 0.25) is 0 Å². The van der Waals surface area contributed by atoms with Gasteiger partial charge in [-0.2, -0.15) is 0 Å². The maximum absolute atomic E-state index is 12.9. The maximum Gasteiger partial charge on any atom is 0.236 e. The van der Waals surface area contributed by atoms with E-state index in [2.05, 4.69) is 21.2 Å². The fourth-order valence-corrected chi connectivity index (χ4v) is 1.43. The van der Waals surface area contributed by atoms with E-state index in [1.165, 1.54) is 12.1 Å². The van der Waals surface area contributed by atoms with E-state index in [0.29, 0.717) is 18.5 Å². The minimum absolute atomic E-state index is 0.158. The van der Waals surface area contributed by atoms with Crippen molar-refractivity contribution in [2.45, 2.75) is 24.6 Å². The zero-order chi connectivity index (χ0) is 13.1. The topological polar surface area (TPSA) is 29.1 Å². The Bertz CT molecular complexity index is 395. The number of amides is 1. The van der Waals surface area contributed by atoms with Gasteiger partial charge in [-0.05, 0) is 38.0 Å². The van der Waals surface area contributed by atoms with E-state index >= 15 is 0 Å². The van der Waals surface area contributed by atoms with Crippen LogP contribution in [-0.2, 0) is 11.2 Å². The third-order valence-electron chi connectivity index (χ3n) is 2.16. The summed E-state index contributed by atoms with van der Waals surface area (Å²) in [6.45, 7) is 3.80. The lowest BCUT2D eigenvalue weighted by Crippen LogP contribution is -2.38. The molecule has 0 fully saturated rings. The molecule has 0 unspecified atom stereocenters. The molecule has 0 bridgehead atoms. The fourth-order valence-electron chi connectivity index (χ4n) is 1.29. The number of hydrogen-bond donors (Lipinski definition) is 1. The number of benzene rings is 1. The van der Waals surface area contributed by atoms with Gasteiger partial charge in [0.2, 0.25) is 5.91 Å². The van der Waals surface area contributed by atoms with Crippen molar-refractivity contribution in [1.29, 1.82) is 0 Å². The Morgan fingerprint density at radius 1 is 1.29 bits per heavy atom. The molecule has 0 aliphatic carbocycles. The molecule has 0 radical (unpaired) electrons. The lowest BCUT2D eigenvalue weighted by Gasteiger charge is -2.15. The zero-order valence-electron chi connectivity index (χ0n) is 9.69. The van der Waals surface area contributed by atoms with Gasteiger partial charge in [0.1, 0.15) is 11.6 Å². The smallest absolute Gasteiger partial charge is 0.236 e. The summed E-state index contributed by atoms with van der Waals surface area (Å²) in [7, 11) is 0. The van der Waals surface area contributed by atoms with Gasteiger partial charge < -0.3 is 5.32 Å². The number of carbonyl (C=O) groups is 1. The highest BCUT2D eigenvalue weighted by molar-refractivity contribution is 9.10. The summed E-state index contributed by atoms with van der Waals surface area (Å²) in [6, 6.07) is 3.34. The lowest BCUT2D eigenvalue weighted by molar-refractivity contribution is -0.122. The Labute approximate surface area is 108 Å². The Balaban J connectivity index is 2.49. The molecule has 1 amide bonds. The number of halogens is 3. The molecular formula is C12H14BrF2NO. The second kappa shape index (κ2) is 5.58. The summed E-state index contributed by atoms with van der Waals surface area (Å²) in [5.74, 6) is -1.37. The fraction of sp³-hybridized carbons (Fsp3) is 0.417. The Kier molecular flexibility index (Phi) is 4.62. The molecule has 2 nitrogen and oxygen atoms in total. The highest BCUT2D eigenvalue weighted by atomic mass is 79.9. The second-order valence-corrected chi connectivity index (χ2v) is 6.24. The molecule has 1 aromatic carbocycles. The van der Waals surface area contributed by atoms with Crippen molar-refractivity contribution >= 4 is 21.8 Å². The largest absolute Gasteiger partial charge is 0.355 e. The normalized spacial score (nSPS) is 11.4. The van der Waals surface area contributed by atoms with Gasteiger partial charge in [0, 0.05) is 12.6 Å². The van der Waals surface area contributed by atoms with E-state index in [-0.39, 0.29) is 5.91 Å². The van der Waals surface area contributed by atoms with Gasteiger partial charge in [0.05, 0.1) is 4.32 Å². The number of rotatable bonds is 4. The first kappa shape index (κ1) is 14.1. The van der Waals surface area contributed by atoms with Crippen LogP contribution in [0.3, 0.4) is 0 Å². The van der Waals surface area contributed by atoms with Crippen molar-refractivity contribution in [3.63, 3.8) is 0 Å². The van der Waals surface area contributed by atoms with Crippen molar-refractivity contribution in [1.82, 2.24) is 5.32 Å². The molecule has 0 heterocycles. The third-order valence-corrected chi connectivity index (χ3v) is 2.52. The molecule has 0 aliphatic heterocycles. The van der Waals surface area contributed by atoms with Crippen LogP contribution in [0.25, 0.3) is 0 Å². The molecule has 17 heavy (non-hydrogen) atoms. The van der Waals surface area contributed by atoms with Gasteiger partial charge >= 0.3 is 0 Å². The van der Waals surface area contributed by atoms with E-state index in [4.69, 9.17) is 0 Å². The maximum atomic E-state index is 12.9. The van der Waals surface area contributed by atoms with Crippen LogP contribution in [0.5, 0.6) is 0 Å². The summed E-state index contributed by atoms with van der Waals surface area (Å²) in [5, 5.41) is 2.68. The molecule has 0 aliphatic rings. The van der Waals surface area contributed by atoms with Gasteiger partial charge in [-0.1, -0.05) is 15.9 Å². The standard InChI is InChI=1S/C12H14BrF2NO/c1-12(2,13)11(17)16-4-3-8-5-9(14)7-10(15)6-8/h5-7H,3-4H2,1-2H3,(H,16,17). The minimum atomic E-state index is -0.639. The van der Waals surface area contributed by atoms with Crippen LogP contribution in [0.1, 0.15) is 19.4 Å². The average Bonchev–Trinajstić information content (AvgIpc) is 2.14. The second-order valence-electron chi connectivity index (χ2n) is 4.26. The van der Waals surface area contributed by atoms with Crippen LogP contribution in [-0.4, -0.2) is 16.8 Å². The van der Waals surface area contributed by atoms with E-state index in [1.807, 2.05) is 0 Å². The summed E-state index contributed by atoms with van der Waals surface area (Å²) in [4.78, 5) is 11.5. The Morgan fingerprint density at radius 3 is 2.29 bits per heavy atom. The van der Waals surface area contributed by atoms with Crippen LogP contribution >= 0.6 is 15.9 Å². The van der Waals surface area contributed by atoms with Crippen LogP contribution in [0, 0.1) is 11.6 Å². The van der Waals surface area contributed by atoms with Crippen LogP contribution in [0.4, 0.5) is 8.78 Å². The molecule has 5 heteroatoms. The van der Waals surface area contributed by atoms with Gasteiger partial charge in [-0.25, -0.2) is 8.78 Å². The first-order valence-corrected chi connectivity index (χ1v) is 6.00. The summed E-state index contributed by atoms with van der Waals surface area (Å²) in [6.07, 6.45) is 0.392. The first-order valence-electron chi connectivity index (χ1n) is 5.21. The summed E-state index contributed by atoms with van der Waals surface area (Å²) in [5.41, 5.74) is 0.523. The van der Waals surface area contributed by atoms with E-state index < -0.39 is 16.0 Å². The molecule has 0 saturated carbocycles. The van der Waals surface area contributed by atoms with E-state index in [9.17, 15) is 13.6 Å². The van der Waals surface area contributed by atoms with Crippen molar-refractivity contribution in [2.24, 2.45) is 0 Å². The van der Waals surface area contributed by atoms with Gasteiger partial charge in [-0.15, -0.1) is 0 Å². The van der Waals surface area contributed by atoms with Crippen molar-refractivity contribution in [3.8, 4) is 0 Å². The highest BCUT2D eigenvalue weighted by Crippen LogP contribution is 2.15. The van der Waals surface area contributed by atoms with E-state index in [0.717, 1.165) is 6.07 Å². The number of alkyl halides is 1. The minimum Gasteiger partial charge on any atom is -0.355 e. The molecule has 0 atom stereocenters. The predicted molar refractivity (Wildman–Crippen MR) is 66.1 cm³/mol. The zero-order valence-corrected chi connectivity index (χ0v) is 11.3. The SMILES string of the molecule is CC(C)(Br)C(=O)NCCc1cc(F)cc(F)c1. The predicted octanol–water partition coefficient (Wildman–Crippen LogP) is 2.80. The quantitative estimate of drug-likeness (QED) is 0.852. The molecular weight excluding hydrogens is 292 g/mol. The average molecular weight is 306 g/mol. The van der Waals surface area contributed by atoms with Crippen molar-refractivity contribution in [3.05, 3.63) is 35.4 Å². The molecule has 0 aromatic heterocycles. The molecule has 0 saturated heterocycles. The molecule has 1 N–H and O–H groups in total. The summed E-state index contributed by atoms with van der Waals surface area (Å²) < 4.78 is 25.1. The van der Waals surface area contributed by atoms with Gasteiger partial charge in [0.15, 0.2) is 0 Å². The Hall–Kier alpha value is -0.970. The van der Waals surface area contributed by atoms with Crippen LogP contribution in [0.15, 0.2) is 18.2 Å². The monoisotopic (exact) mass is 305 g/mol. The molecule has 1 rings (SSSR count). The van der Waals surface area contributed by atoms with Crippen molar-refractivity contribution < 1.29 is 13.6 Å². The Morgan fingerprint density at radius 2 is 1.82 bits per heavy atom. The third kappa shape index (κ3) is 4.81.